The maximum atomic E-state index is 12.7. The van der Waals surface area contributed by atoms with Crippen molar-refractivity contribution >= 4 is 17.5 Å². The van der Waals surface area contributed by atoms with Crippen LogP contribution in [0.5, 0.6) is 0 Å². The van der Waals surface area contributed by atoms with Gasteiger partial charge in [-0.05, 0) is 53.0 Å². The van der Waals surface area contributed by atoms with Crippen LogP contribution < -0.4 is 0 Å². The van der Waals surface area contributed by atoms with Crippen molar-refractivity contribution in [3.05, 3.63) is 58.2 Å². The number of allylic oxidation sites excluding steroid dienone is 4. The number of benzene rings is 1. The summed E-state index contributed by atoms with van der Waals surface area (Å²) in [5.74, 6) is -0.0338. The minimum atomic E-state index is -0.0543. The first-order valence-electron chi connectivity index (χ1n) is 9.54. The van der Waals surface area contributed by atoms with Crippen LogP contribution in [0.4, 0.5) is 0 Å². The molecule has 0 aliphatic heterocycles. The zero-order valence-electron chi connectivity index (χ0n) is 17.0. The van der Waals surface area contributed by atoms with Crippen LogP contribution >= 0.6 is 0 Å². The summed E-state index contributed by atoms with van der Waals surface area (Å²) < 4.78 is 0. The van der Waals surface area contributed by atoms with Crippen molar-refractivity contribution in [2.24, 2.45) is 0 Å². The second-order valence-electron chi connectivity index (χ2n) is 7.47. The van der Waals surface area contributed by atoms with E-state index in [1.165, 1.54) is 0 Å². The molecule has 0 fully saturated rings. The number of ketones is 2. The fraction of sp³-hybridized carbons (Fsp3) is 0.435. The lowest BCUT2D eigenvalue weighted by Gasteiger charge is -2.27. The molecule has 1 aliphatic rings. The molecule has 1 amide bonds. The zero-order chi connectivity index (χ0) is 20.1. The van der Waals surface area contributed by atoms with Crippen LogP contribution in [0.15, 0.2) is 52.6 Å². The zero-order valence-corrected chi connectivity index (χ0v) is 17.0. The van der Waals surface area contributed by atoms with Gasteiger partial charge in [0, 0.05) is 41.3 Å². The molecular weight excluding hydrogens is 338 g/mol. The quantitative estimate of drug-likeness (QED) is 0.671. The van der Waals surface area contributed by atoms with Crippen LogP contribution in [0, 0.1) is 0 Å². The Balaban J connectivity index is 2.00. The summed E-state index contributed by atoms with van der Waals surface area (Å²) in [6, 6.07) is 10.0. The second-order valence-corrected chi connectivity index (χ2v) is 7.47. The lowest BCUT2D eigenvalue weighted by Crippen LogP contribution is -2.36. The summed E-state index contributed by atoms with van der Waals surface area (Å²) in [4.78, 5) is 39.3. The molecule has 4 nitrogen and oxygen atoms in total. The molecule has 0 atom stereocenters. The van der Waals surface area contributed by atoms with Crippen molar-refractivity contribution in [3.63, 3.8) is 0 Å². The molecule has 0 spiro atoms. The molecule has 0 heterocycles. The Kier molecular flexibility index (Phi) is 6.89. The maximum Gasteiger partial charge on any atom is 0.223 e. The highest BCUT2D eigenvalue weighted by Gasteiger charge is 2.27. The average Bonchev–Trinajstić information content (AvgIpc) is 2.66. The molecule has 0 aromatic heterocycles. The van der Waals surface area contributed by atoms with Crippen LogP contribution in [0.1, 0.15) is 59.4 Å². The first-order chi connectivity index (χ1) is 12.7. The Morgan fingerprint density at radius 1 is 0.926 bits per heavy atom. The fourth-order valence-electron chi connectivity index (χ4n) is 3.36. The van der Waals surface area contributed by atoms with Crippen molar-refractivity contribution in [2.75, 3.05) is 0 Å². The first-order valence-corrected chi connectivity index (χ1v) is 9.54. The smallest absolute Gasteiger partial charge is 0.223 e. The summed E-state index contributed by atoms with van der Waals surface area (Å²) in [6.07, 6.45) is 1.39. The molecule has 1 aliphatic carbocycles. The van der Waals surface area contributed by atoms with Gasteiger partial charge in [0.25, 0.3) is 0 Å². The summed E-state index contributed by atoms with van der Waals surface area (Å²) in [5.41, 5.74) is 3.25. The normalized spacial score (nSPS) is 15.0. The van der Waals surface area contributed by atoms with E-state index in [0.29, 0.717) is 48.1 Å². The van der Waals surface area contributed by atoms with Gasteiger partial charge >= 0.3 is 0 Å². The highest BCUT2D eigenvalue weighted by molar-refractivity contribution is 6.24. The Bertz CT molecular complexity index is 800. The van der Waals surface area contributed by atoms with E-state index in [9.17, 15) is 14.4 Å². The largest absolute Gasteiger partial charge is 0.336 e. The highest BCUT2D eigenvalue weighted by Crippen LogP contribution is 2.27. The Morgan fingerprint density at radius 3 is 2.11 bits per heavy atom. The van der Waals surface area contributed by atoms with Gasteiger partial charge in [-0.25, -0.2) is 0 Å². The van der Waals surface area contributed by atoms with Crippen LogP contribution in [0.3, 0.4) is 0 Å². The third-order valence-corrected chi connectivity index (χ3v) is 5.27. The van der Waals surface area contributed by atoms with Crippen LogP contribution in [-0.2, 0) is 20.9 Å². The van der Waals surface area contributed by atoms with E-state index in [2.05, 4.69) is 0 Å². The maximum absolute atomic E-state index is 12.7. The molecular formula is C23H29NO3. The van der Waals surface area contributed by atoms with Crippen molar-refractivity contribution in [3.8, 4) is 0 Å². The number of Topliss-reactive ketones (excluding diaryl/α,β-unsaturated/α-hetero) is 2. The van der Waals surface area contributed by atoms with Gasteiger partial charge in [-0.15, -0.1) is 0 Å². The Morgan fingerprint density at radius 2 is 1.52 bits per heavy atom. The number of carbonyl (C=O) groups is 3. The van der Waals surface area contributed by atoms with E-state index in [4.69, 9.17) is 0 Å². The molecule has 144 valence electrons. The Hall–Kier alpha value is -2.49. The summed E-state index contributed by atoms with van der Waals surface area (Å²) in [7, 11) is 0. The molecule has 27 heavy (non-hydrogen) atoms. The number of hydrogen-bond acceptors (Lipinski definition) is 3. The minimum absolute atomic E-state index is 0.0537. The number of rotatable bonds is 7. The summed E-state index contributed by atoms with van der Waals surface area (Å²) in [6.45, 7) is 9.71. The minimum Gasteiger partial charge on any atom is -0.336 e. The van der Waals surface area contributed by atoms with Gasteiger partial charge in [-0.2, -0.15) is 0 Å². The van der Waals surface area contributed by atoms with Gasteiger partial charge in [0.2, 0.25) is 5.91 Å². The van der Waals surface area contributed by atoms with Crippen LogP contribution in [0.25, 0.3) is 0 Å². The molecule has 0 bridgehead atoms. The molecule has 0 unspecified atom stereocenters. The van der Waals surface area contributed by atoms with Gasteiger partial charge in [0.1, 0.15) is 0 Å². The van der Waals surface area contributed by atoms with Crippen LogP contribution in [-0.4, -0.2) is 28.4 Å². The third-order valence-electron chi connectivity index (χ3n) is 5.27. The molecule has 4 heteroatoms. The van der Waals surface area contributed by atoms with Crippen molar-refractivity contribution in [2.45, 2.75) is 66.5 Å². The van der Waals surface area contributed by atoms with Crippen molar-refractivity contribution < 1.29 is 14.4 Å². The van der Waals surface area contributed by atoms with Gasteiger partial charge in [0.05, 0.1) is 0 Å². The summed E-state index contributed by atoms with van der Waals surface area (Å²) >= 11 is 0. The van der Waals surface area contributed by atoms with Gasteiger partial charge in [0.15, 0.2) is 11.6 Å². The SMILES string of the molecule is CC1=C(C)C(=O)C(CCCC(=O)N(Cc2ccccc2)C(C)C)=C(C)C1=O. The fourth-order valence-corrected chi connectivity index (χ4v) is 3.36. The average molecular weight is 367 g/mol. The molecule has 0 saturated carbocycles. The lowest BCUT2D eigenvalue weighted by molar-refractivity contribution is -0.133. The molecule has 2 rings (SSSR count). The third kappa shape index (κ3) is 4.82. The first kappa shape index (κ1) is 20.8. The Labute approximate surface area is 161 Å². The molecule has 0 radical (unpaired) electrons. The van der Waals surface area contributed by atoms with E-state index < -0.39 is 0 Å². The second kappa shape index (κ2) is 8.94. The number of hydrogen-bond donors (Lipinski definition) is 0. The monoisotopic (exact) mass is 367 g/mol. The predicted octanol–water partition coefficient (Wildman–Crippen LogP) is 4.40. The number of carbonyl (C=O) groups excluding carboxylic acids is 3. The van der Waals surface area contributed by atoms with Gasteiger partial charge < -0.3 is 4.90 Å². The van der Waals surface area contributed by atoms with Crippen molar-refractivity contribution in [1.82, 2.24) is 4.90 Å². The topological polar surface area (TPSA) is 54.5 Å². The molecule has 0 saturated heterocycles. The number of amides is 1. The van der Waals surface area contributed by atoms with E-state index in [-0.39, 0.29) is 23.5 Å². The lowest BCUT2D eigenvalue weighted by atomic mass is 9.84. The molecule has 1 aromatic rings. The highest BCUT2D eigenvalue weighted by atomic mass is 16.2. The van der Waals surface area contributed by atoms with E-state index in [1.807, 2.05) is 49.1 Å². The summed E-state index contributed by atoms with van der Waals surface area (Å²) in [5, 5.41) is 0. The molecule has 0 N–H and O–H groups in total. The van der Waals surface area contributed by atoms with E-state index in [1.54, 1.807) is 20.8 Å². The van der Waals surface area contributed by atoms with Crippen LogP contribution in [0.2, 0.25) is 0 Å². The van der Waals surface area contributed by atoms with Gasteiger partial charge in [-0.1, -0.05) is 30.3 Å². The predicted molar refractivity (Wildman–Crippen MR) is 107 cm³/mol. The van der Waals surface area contributed by atoms with E-state index in [0.717, 1.165) is 5.56 Å². The van der Waals surface area contributed by atoms with E-state index >= 15 is 0 Å². The number of nitrogens with zero attached hydrogens (tertiary/aromatic N) is 1. The molecule has 1 aromatic carbocycles. The van der Waals surface area contributed by atoms with Gasteiger partial charge in [-0.3, -0.25) is 14.4 Å². The standard InChI is InChI=1S/C23H29NO3/c1-15(2)24(14-19-10-7-6-8-11-19)21(25)13-9-12-20-18(5)22(26)16(3)17(4)23(20)27/h6-8,10-11,15H,9,12-14H2,1-5H3. The van der Waals surface area contributed by atoms with Crippen molar-refractivity contribution in [1.29, 1.82) is 0 Å².